The summed E-state index contributed by atoms with van der Waals surface area (Å²) in [5.74, 6) is -0.528. The lowest BCUT2D eigenvalue weighted by Gasteiger charge is -2.26. The number of carbonyl (C=O) groups excluding carboxylic acids is 3. The van der Waals surface area contributed by atoms with Crippen LogP contribution in [0.4, 0.5) is 39.8 Å². The van der Waals surface area contributed by atoms with Crippen LogP contribution in [0.1, 0.15) is 46.6 Å². The molecule has 250 valence electrons. The number of nitrogens with one attached hydrogen (secondary N) is 3. The van der Waals surface area contributed by atoms with Crippen molar-refractivity contribution >= 4 is 57.6 Å². The third-order valence-electron chi connectivity index (χ3n) is 7.21. The van der Waals surface area contributed by atoms with Crippen LogP contribution in [0.5, 0.6) is 0 Å². The van der Waals surface area contributed by atoms with Crippen LogP contribution in [0.3, 0.4) is 0 Å². The van der Waals surface area contributed by atoms with Gasteiger partial charge < -0.3 is 25.3 Å². The minimum absolute atomic E-state index is 0.0635. The molecule has 47 heavy (non-hydrogen) atoms. The summed E-state index contributed by atoms with van der Waals surface area (Å²) in [5, 5.41) is 18.5. The van der Waals surface area contributed by atoms with Gasteiger partial charge in [0.25, 0.3) is 0 Å². The fraction of sp³-hybridized carbons (Fsp3) is 0.303. The highest BCUT2D eigenvalue weighted by Gasteiger charge is 2.34. The average Bonchev–Trinajstić information content (AvgIpc) is 3.41. The Hall–Kier alpha value is -4.75. The van der Waals surface area contributed by atoms with Crippen LogP contribution in [0.25, 0.3) is 16.6 Å². The van der Waals surface area contributed by atoms with Gasteiger partial charge in [0.2, 0.25) is 5.91 Å². The Kier molecular flexibility index (Phi) is 10.4. The molecule has 1 heterocycles. The minimum atomic E-state index is -4.77. The van der Waals surface area contributed by atoms with Crippen molar-refractivity contribution in [2.45, 2.75) is 58.9 Å². The van der Waals surface area contributed by atoms with Gasteiger partial charge in [-0.1, -0.05) is 31.9 Å². The van der Waals surface area contributed by atoms with Crippen LogP contribution in [0, 0.1) is 5.92 Å². The number of halogens is 4. The van der Waals surface area contributed by atoms with E-state index in [1.54, 1.807) is 57.2 Å². The summed E-state index contributed by atoms with van der Waals surface area (Å²) in [6.07, 6.45) is -2.97. The first-order valence-corrected chi connectivity index (χ1v) is 15.0. The molecule has 4 amide bonds. The van der Waals surface area contributed by atoms with Gasteiger partial charge in [-0.15, -0.1) is 0 Å². The minimum Gasteiger partial charge on any atom is -0.444 e. The fourth-order valence-corrected chi connectivity index (χ4v) is 4.89. The normalized spacial score (nSPS) is 13.1. The van der Waals surface area contributed by atoms with Gasteiger partial charge in [0, 0.05) is 28.6 Å². The Bertz CT molecular complexity index is 1770. The molecule has 1 aromatic heterocycles. The van der Waals surface area contributed by atoms with Crippen molar-refractivity contribution in [2.24, 2.45) is 5.92 Å². The maximum absolute atomic E-state index is 13.2. The van der Waals surface area contributed by atoms with Crippen molar-refractivity contribution in [1.82, 2.24) is 9.88 Å². The molecule has 3 aromatic carbocycles. The summed E-state index contributed by atoms with van der Waals surface area (Å²) in [6, 6.07) is 14.5. The number of anilines is 3. The molecule has 0 aliphatic heterocycles. The van der Waals surface area contributed by atoms with E-state index < -0.39 is 46.2 Å². The highest BCUT2D eigenvalue weighted by Crippen LogP contribution is 2.37. The lowest BCUT2D eigenvalue weighted by Crippen LogP contribution is -2.49. The predicted molar refractivity (Wildman–Crippen MR) is 174 cm³/mol. The van der Waals surface area contributed by atoms with Crippen LogP contribution in [-0.4, -0.2) is 39.4 Å². The van der Waals surface area contributed by atoms with E-state index in [0.717, 1.165) is 28.7 Å². The molecule has 0 bridgehead atoms. The summed E-state index contributed by atoms with van der Waals surface area (Å²) < 4.78 is 46.8. The van der Waals surface area contributed by atoms with Crippen molar-refractivity contribution in [3.63, 3.8) is 0 Å². The van der Waals surface area contributed by atoms with E-state index >= 15 is 0 Å². The molecule has 0 unspecified atom stereocenters. The largest absolute Gasteiger partial charge is 0.444 e. The zero-order valence-corrected chi connectivity index (χ0v) is 27.0. The number of alkyl halides is 3. The first kappa shape index (κ1) is 35.1. The number of hydrogen-bond acceptors (Lipinski definition) is 5. The standard InChI is InChI=1S/C33H35ClF3N5O5/c1-6-19(2)28(40-31(45)47-32(3,4)5)29(43)38-22-9-14-27-20(17-22)15-16-41(27)23-10-7-21(8-11-23)39-30(44)42(46)24-12-13-26(34)25(18-24)33(35,36)37/h7-19,28,46H,6H2,1-5H3,(H,38,43)(H,39,44)(H,40,45)/t19-,28-/m0/s1. The Morgan fingerprint density at radius 3 is 2.23 bits per heavy atom. The number of ether oxygens (including phenoxy) is 1. The molecular weight excluding hydrogens is 639 g/mol. The van der Waals surface area contributed by atoms with Crippen LogP contribution in [0.2, 0.25) is 5.02 Å². The summed E-state index contributed by atoms with van der Waals surface area (Å²) in [7, 11) is 0. The van der Waals surface area contributed by atoms with Crippen molar-refractivity contribution in [1.29, 1.82) is 0 Å². The van der Waals surface area contributed by atoms with Gasteiger partial charge in [0.15, 0.2) is 0 Å². The molecular formula is C33H35ClF3N5O5. The van der Waals surface area contributed by atoms with Gasteiger partial charge in [-0.25, -0.2) is 9.59 Å². The van der Waals surface area contributed by atoms with E-state index in [1.165, 1.54) is 0 Å². The second-order valence-electron chi connectivity index (χ2n) is 11.9. The predicted octanol–water partition coefficient (Wildman–Crippen LogP) is 8.61. The summed E-state index contributed by atoms with van der Waals surface area (Å²) in [6.45, 7) is 9.03. The number of fused-ring (bicyclic) bond motifs is 1. The highest BCUT2D eigenvalue weighted by molar-refractivity contribution is 6.31. The molecule has 0 radical (unpaired) electrons. The number of benzene rings is 3. The monoisotopic (exact) mass is 673 g/mol. The first-order valence-electron chi connectivity index (χ1n) is 14.7. The number of hydroxylamine groups is 1. The van der Waals surface area contributed by atoms with E-state index in [-0.39, 0.29) is 22.6 Å². The molecule has 0 saturated carbocycles. The summed E-state index contributed by atoms with van der Waals surface area (Å²) in [5.41, 5.74) is 0.0382. The summed E-state index contributed by atoms with van der Waals surface area (Å²) >= 11 is 5.62. The zero-order valence-electron chi connectivity index (χ0n) is 26.3. The van der Waals surface area contributed by atoms with Crippen molar-refractivity contribution in [3.8, 4) is 5.69 Å². The lowest BCUT2D eigenvalue weighted by molar-refractivity contribution is -0.137. The van der Waals surface area contributed by atoms with E-state index in [0.29, 0.717) is 18.2 Å². The topological polar surface area (TPSA) is 125 Å². The molecule has 4 rings (SSSR count). The van der Waals surface area contributed by atoms with Gasteiger partial charge in [-0.3, -0.25) is 10.0 Å². The van der Waals surface area contributed by atoms with Gasteiger partial charge in [-0.05, 0) is 93.4 Å². The zero-order chi connectivity index (χ0) is 34.7. The number of rotatable bonds is 8. The van der Waals surface area contributed by atoms with Crippen LogP contribution >= 0.6 is 11.6 Å². The molecule has 0 aliphatic rings. The van der Waals surface area contributed by atoms with E-state index in [9.17, 15) is 32.8 Å². The van der Waals surface area contributed by atoms with Gasteiger partial charge >= 0.3 is 18.3 Å². The molecule has 4 N–H and O–H groups in total. The van der Waals surface area contributed by atoms with Crippen molar-refractivity contribution in [3.05, 3.63) is 83.5 Å². The maximum atomic E-state index is 13.2. The molecule has 14 heteroatoms. The third-order valence-corrected chi connectivity index (χ3v) is 7.54. The Labute approximate surface area is 274 Å². The average molecular weight is 674 g/mol. The van der Waals surface area contributed by atoms with Crippen LogP contribution in [0.15, 0.2) is 72.9 Å². The van der Waals surface area contributed by atoms with Crippen molar-refractivity contribution in [2.75, 3.05) is 15.7 Å². The Balaban J connectivity index is 1.45. The van der Waals surface area contributed by atoms with E-state index in [4.69, 9.17) is 16.3 Å². The molecule has 2 atom stereocenters. The smallest absolute Gasteiger partial charge is 0.417 e. The number of carbonyl (C=O) groups is 3. The van der Waals surface area contributed by atoms with Gasteiger partial charge in [-0.2, -0.15) is 18.2 Å². The van der Waals surface area contributed by atoms with Crippen LogP contribution in [-0.2, 0) is 15.7 Å². The van der Waals surface area contributed by atoms with Crippen molar-refractivity contribution < 1.29 is 37.5 Å². The molecule has 10 nitrogen and oxygen atoms in total. The number of amides is 4. The second-order valence-corrected chi connectivity index (χ2v) is 12.3. The quantitative estimate of drug-likeness (QED) is 0.110. The molecule has 0 fully saturated rings. The number of alkyl carbamates (subject to hydrolysis) is 1. The van der Waals surface area contributed by atoms with Crippen LogP contribution < -0.4 is 21.0 Å². The molecule has 0 aliphatic carbocycles. The van der Waals surface area contributed by atoms with E-state index in [2.05, 4.69) is 16.0 Å². The highest BCUT2D eigenvalue weighted by atomic mass is 35.5. The maximum Gasteiger partial charge on any atom is 0.417 e. The number of urea groups is 1. The van der Waals surface area contributed by atoms with Gasteiger partial charge in [0.1, 0.15) is 11.6 Å². The SMILES string of the molecule is CC[C@H](C)[C@H](NC(=O)OC(C)(C)C)C(=O)Nc1ccc2c(ccn2-c2ccc(NC(=O)N(O)c3ccc(Cl)c(C(F)(F)F)c3)cc2)c1. The number of nitrogens with zero attached hydrogens (tertiary/aromatic N) is 2. The number of hydrogen-bond donors (Lipinski definition) is 4. The van der Waals surface area contributed by atoms with Gasteiger partial charge in [0.05, 0.1) is 21.8 Å². The number of aromatic nitrogens is 1. The lowest BCUT2D eigenvalue weighted by atomic mass is 9.98. The fourth-order valence-electron chi connectivity index (χ4n) is 4.66. The third kappa shape index (κ3) is 8.74. The molecule has 4 aromatic rings. The van der Waals surface area contributed by atoms with E-state index in [1.807, 2.05) is 36.7 Å². The second kappa shape index (κ2) is 13.9. The molecule has 0 spiro atoms. The Morgan fingerprint density at radius 2 is 1.62 bits per heavy atom. The molecule has 0 saturated heterocycles. The Morgan fingerprint density at radius 1 is 0.957 bits per heavy atom. The first-order chi connectivity index (χ1) is 22.0. The summed E-state index contributed by atoms with van der Waals surface area (Å²) in [4.78, 5) is 38.1.